The average Bonchev–Trinajstić information content (AvgIpc) is 3.05. The lowest BCUT2D eigenvalue weighted by atomic mass is 10.0. The number of hydrogen-bond acceptors (Lipinski definition) is 4. The molecule has 140 valence electrons. The molecule has 0 aliphatic carbocycles. The maximum Gasteiger partial charge on any atom is 0.228 e. The number of nitrogens with one attached hydrogen (secondary N) is 1. The molecule has 2 aromatic carbocycles. The largest absolute Gasteiger partial charge is 0.496 e. The molecule has 2 amide bonds. The second kappa shape index (κ2) is 7.61. The van der Waals surface area contributed by atoms with Crippen molar-refractivity contribution in [1.82, 2.24) is 0 Å². The maximum atomic E-state index is 12.5. The lowest BCUT2D eigenvalue weighted by Gasteiger charge is -2.15. The molecule has 6 nitrogen and oxygen atoms in total. The average molecular weight is 366 g/mol. The molecule has 1 aliphatic heterocycles. The molecular formula is C21H22N2O4. The number of anilines is 2. The first-order valence-electron chi connectivity index (χ1n) is 8.77. The van der Waals surface area contributed by atoms with E-state index in [1.54, 1.807) is 36.1 Å². The van der Waals surface area contributed by atoms with Crippen molar-refractivity contribution in [2.45, 2.75) is 26.7 Å². The second-order valence-corrected chi connectivity index (χ2v) is 6.57. The molecule has 1 N–H and O–H groups in total. The van der Waals surface area contributed by atoms with Gasteiger partial charge in [-0.15, -0.1) is 0 Å². The maximum absolute atomic E-state index is 12.5. The van der Waals surface area contributed by atoms with Crippen molar-refractivity contribution < 1.29 is 19.1 Å². The van der Waals surface area contributed by atoms with Crippen LogP contribution in [0.4, 0.5) is 11.4 Å². The van der Waals surface area contributed by atoms with Gasteiger partial charge in [0.25, 0.3) is 0 Å². The van der Waals surface area contributed by atoms with Crippen molar-refractivity contribution in [1.29, 1.82) is 0 Å². The topological polar surface area (TPSA) is 75.7 Å². The number of hydrogen-bond donors (Lipinski definition) is 1. The van der Waals surface area contributed by atoms with Gasteiger partial charge in [-0.3, -0.25) is 14.4 Å². The highest BCUT2D eigenvalue weighted by molar-refractivity contribution is 5.97. The normalized spacial score (nSPS) is 12.5. The molecule has 2 aromatic rings. The number of carbonyl (C=O) groups is 3. The van der Waals surface area contributed by atoms with E-state index in [0.717, 1.165) is 17.7 Å². The van der Waals surface area contributed by atoms with E-state index >= 15 is 0 Å². The number of benzene rings is 2. The Labute approximate surface area is 158 Å². The Bertz CT molecular complexity index is 920. The first-order valence-corrected chi connectivity index (χ1v) is 8.77. The number of nitrogens with zero attached hydrogens (tertiary/aromatic N) is 1. The van der Waals surface area contributed by atoms with Crippen LogP contribution < -0.4 is 15.0 Å². The van der Waals surface area contributed by atoms with Gasteiger partial charge in [-0.05, 0) is 55.3 Å². The summed E-state index contributed by atoms with van der Waals surface area (Å²) in [7, 11) is 1.53. The smallest absolute Gasteiger partial charge is 0.228 e. The van der Waals surface area contributed by atoms with Crippen molar-refractivity contribution in [2.24, 2.45) is 0 Å². The van der Waals surface area contributed by atoms with E-state index in [2.05, 4.69) is 5.32 Å². The van der Waals surface area contributed by atoms with E-state index in [-0.39, 0.29) is 24.0 Å². The van der Waals surface area contributed by atoms with Crippen LogP contribution in [0.5, 0.6) is 5.75 Å². The Kier molecular flexibility index (Phi) is 5.26. The molecule has 1 heterocycles. The minimum atomic E-state index is -0.199. The van der Waals surface area contributed by atoms with E-state index in [1.807, 2.05) is 12.1 Å². The van der Waals surface area contributed by atoms with Crippen LogP contribution in [-0.4, -0.2) is 31.3 Å². The lowest BCUT2D eigenvalue weighted by Crippen LogP contribution is -2.25. The monoisotopic (exact) mass is 366 g/mol. The second-order valence-electron chi connectivity index (χ2n) is 6.57. The van der Waals surface area contributed by atoms with Crippen LogP contribution >= 0.6 is 0 Å². The Morgan fingerprint density at radius 2 is 1.89 bits per heavy atom. The molecule has 0 spiro atoms. The third-order valence-corrected chi connectivity index (χ3v) is 4.68. The standard InChI is InChI=1S/C21H22N2O4/c1-13(24)15-4-7-20(27-3)17(10-15)12-21(26)22-18-5-6-19-16(11-18)8-9-23(19)14(2)25/h4-7,10-11H,8-9,12H2,1-3H3,(H,22,26). The third-order valence-electron chi connectivity index (χ3n) is 4.68. The molecule has 27 heavy (non-hydrogen) atoms. The van der Waals surface area contributed by atoms with E-state index < -0.39 is 0 Å². The highest BCUT2D eigenvalue weighted by Crippen LogP contribution is 2.30. The summed E-state index contributed by atoms with van der Waals surface area (Å²) in [5.41, 5.74) is 3.83. The molecule has 0 radical (unpaired) electrons. The number of carbonyl (C=O) groups excluding carboxylic acids is 3. The number of ether oxygens (including phenoxy) is 1. The molecule has 0 bridgehead atoms. The summed E-state index contributed by atoms with van der Waals surface area (Å²) in [6.45, 7) is 3.70. The first-order chi connectivity index (χ1) is 12.9. The van der Waals surface area contributed by atoms with E-state index in [0.29, 0.717) is 29.1 Å². The Morgan fingerprint density at radius 1 is 1.11 bits per heavy atom. The number of rotatable bonds is 5. The zero-order valence-corrected chi connectivity index (χ0v) is 15.7. The fourth-order valence-electron chi connectivity index (χ4n) is 3.32. The lowest BCUT2D eigenvalue weighted by molar-refractivity contribution is -0.117. The van der Waals surface area contributed by atoms with Gasteiger partial charge in [0, 0.05) is 36.0 Å². The van der Waals surface area contributed by atoms with Crippen molar-refractivity contribution in [2.75, 3.05) is 23.9 Å². The number of amides is 2. The van der Waals surface area contributed by atoms with Gasteiger partial charge in [0.1, 0.15) is 5.75 Å². The fourth-order valence-corrected chi connectivity index (χ4v) is 3.32. The molecule has 3 rings (SSSR count). The van der Waals surface area contributed by atoms with Crippen LogP contribution in [0.2, 0.25) is 0 Å². The van der Waals surface area contributed by atoms with Crippen LogP contribution in [0.1, 0.15) is 35.3 Å². The summed E-state index contributed by atoms with van der Waals surface area (Å²) in [4.78, 5) is 37.4. The van der Waals surface area contributed by atoms with Gasteiger partial charge in [-0.1, -0.05) is 0 Å². The summed E-state index contributed by atoms with van der Waals surface area (Å²) in [5, 5.41) is 2.88. The zero-order chi connectivity index (χ0) is 19.6. The van der Waals surface area contributed by atoms with Crippen LogP contribution in [0.15, 0.2) is 36.4 Å². The number of ketones is 1. The van der Waals surface area contributed by atoms with Gasteiger partial charge >= 0.3 is 0 Å². The summed E-state index contributed by atoms with van der Waals surface area (Å²) < 4.78 is 5.30. The number of fused-ring (bicyclic) bond motifs is 1. The summed E-state index contributed by atoms with van der Waals surface area (Å²) >= 11 is 0. The van der Waals surface area contributed by atoms with Crippen molar-refractivity contribution >= 4 is 29.0 Å². The zero-order valence-electron chi connectivity index (χ0n) is 15.7. The first kappa shape index (κ1) is 18.6. The summed E-state index contributed by atoms with van der Waals surface area (Å²) in [6, 6.07) is 10.6. The highest BCUT2D eigenvalue weighted by Gasteiger charge is 2.22. The van der Waals surface area contributed by atoms with Gasteiger partial charge in [0.05, 0.1) is 13.5 Å². The molecule has 0 atom stereocenters. The molecule has 0 unspecified atom stereocenters. The molecule has 0 fully saturated rings. The number of methoxy groups -OCH3 is 1. The predicted octanol–water partition coefficient (Wildman–Crippen LogP) is 2.99. The SMILES string of the molecule is COc1ccc(C(C)=O)cc1CC(=O)Nc1ccc2c(c1)CCN2C(C)=O. The fraction of sp³-hybridized carbons (Fsp3) is 0.286. The van der Waals surface area contributed by atoms with E-state index in [9.17, 15) is 14.4 Å². The predicted molar refractivity (Wildman–Crippen MR) is 104 cm³/mol. The van der Waals surface area contributed by atoms with Gasteiger partial charge in [-0.2, -0.15) is 0 Å². The minimum absolute atomic E-state index is 0.0167. The Morgan fingerprint density at radius 3 is 2.56 bits per heavy atom. The summed E-state index contributed by atoms with van der Waals surface area (Å²) in [5.74, 6) is 0.326. The van der Waals surface area contributed by atoms with Crippen LogP contribution in [0, 0.1) is 0 Å². The van der Waals surface area contributed by atoms with Gasteiger partial charge in [0.15, 0.2) is 5.78 Å². The minimum Gasteiger partial charge on any atom is -0.496 e. The Hall–Kier alpha value is -3.15. The van der Waals surface area contributed by atoms with Crippen molar-refractivity contribution in [3.8, 4) is 5.75 Å². The summed E-state index contributed by atoms with van der Waals surface area (Å²) in [6.07, 6.45) is 0.869. The van der Waals surface area contributed by atoms with Gasteiger partial charge in [-0.25, -0.2) is 0 Å². The van der Waals surface area contributed by atoms with E-state index in [1.165, 1.54) is 14.0 Å². The number of Topliss-reactive ketones (excluding diaryl/α,β-unsaturated/α-hetero) is 1. The Balaban J connectivity index is 1.75. The van der Waals surface area contributed by atoms with E-state index in [4.69, 9.17) is 4.74 Å². The molecule has 6 heteroatoms. The molecular weight excluding hydrogens is 344 g/mol. The van der Waals surface area contributed by atoms with Gasteiger partial charge < -0.3 is 15.0 Å². The molecule has 0 aromatic heterocycles. The molecule has 0 saturated heterocycles. The van der Waals surface area contributed by atoms with Crippen molar-refractivity contribution in [3.63, 3.8) is 0 Å². The van der Waals surface area contributed by atoms with Gasteiger partial charge in [0.2, 0.25) is 11.8 Å². The quantitative estimate of drug-likeness (QED) is 0.826. The van der Waals surface area contributed by atoms with Crippen molar-refractivity contribution in [3.05, 3.63) is 53.1 Å². The third kappa shape index (κ3) is 4.00. The van der Waals surface area contributed by atoms with Crippen LogP contribution in [0.3, 0.4) is 0 Å². The van der Waals surface area contributed by atoms with Crippen LogP contribution in [0.25, 0.3) is 0 Å². The highest BCUT2D eigenvalue weighted by atomic mass is 16.5. The molecule has 0 saturated carbocycles. The van der Waals surface area contributed by atoms with Crippen LogP contribution in [-0.2, 0) is 22.4 Å². The molecule has 1 aliphatic rings.